The molecule has 0 aromatic rings. The van der Waals surface area contributed by atoms with E-state index in [4.69, 9.17) is 0 Å². The van der Waals surface area contributed by atoms with Gasteiger partial charge >= 0.3 is 12.0 Å². The minimum atomic E-state index is -1.16. The Labute approximate surface area is 127 Å². The van der Waals surface area contributed by atoms with Crippen molar-refractivity contribution in [3.8, 4) is 0 Å². The molecule has 0 bridgehead atoms. The van der Waals surface area contributed by atoms with E-state index in [1.807, 2.05) is 0 Å². The summed E-state index contributed by atoms with van der Waals surface area (Å²) < 4.78 is 0. The van der Waals surface area contributed by atoms with Crippen LogP contribution in [-0.2, 0) is 4.79 Å². The Hall–Kier alpha value is -1.30. The lowest BCUT2D eigenvalue weighted by atomic mass is 9.93. The maximum atomic E-state index is 11.9. The molecule has 1 saturated heterocycles. The molecule has 6 nitrogen and oxygen atoms in total. The van der Waals surface area contributed by atoms with Gasteiger partial charge in [-0.15, -0.1) is 0 Å². The van der Waals surface area contributed by atoms with Crippen molar-refractivity contribution in [2.45, 2.75) is 51.5 Å². The molecule has 1 aliphatic rings. The second-order valence-corrected chi connectivity index (χ2v) is 6.01. The van der Waals surface area contributed by atoms with E-state index in [0.717, 1.165) is 19.5 Å². The number of carbonyl (C=O) groups is 2. The molecule has 2 amide bonds. The Kier molecular flexibility index (Phi) is 6.95. The largest absolute Gasteiger partial charge is 0.480 e. The number of nitrogens with one attached hydrogen (secondary N) is 2. The van der Waals surface area contributed by atoms with Gasteiger partial charge in [-0.2, -0.15) is 0 Å². The summed E-state index contributed by atoms with van der Waals surface area (Å²) in [7, 11) is 2.13. The van der Waals surface area contributed by atoms with Crippen LogP contribution >= 0.6 is 0 Å². The Bertz CT molecular complexity index is 348. The molecule has 6 heteroatoms. The van der Waals surface area contributed by atoms with Crippen LogP contribution < -0.4 is 10.6 Å². The topological polar surface area (TPSA) is 81.7 Å². The number of hydrogen-bond acceptors (Lipinski definition) is 3. The van der Waals surface area contributed by atoms with Gasteiger partial charge in [0.05, 0.1) is 0 Å². The van der Waals surface area contributed by atoms with Gasteiger partial charge in [0, 0.05) is 6.54 Å². The highest BCUT2D eigenvalue weighted by atomic mass is 16.4. The van der Waals surface area contributed by atoms with Crippen LogP contribution in [0.5, 0.6) is 0 Å². The van der Waals surface area contributed by atoms with Crippen LogP contribution in [0.3, 0.4) is 0 Å². The maximum absolute atomic E-state index is 11.9. The smallest absolute Gasteiger partial charge is 0.329 e. The summed E-state index contributed by atoms with van der Waals surface area (Å²) in [6.07, 6.45) is 4.05. The summed E-state index contributed by atoms with van der Waals surface area (Å²) in [5.41, 5.74) is -1.16. The molecular formula is C15H29N3O3. The number of amides is 2. The van der Waals surface area contributed by atoms with Crippen LogP contribution in [-0.4, -0.2) is 54.2 Å². The van der Waals surface area contributed by atoms with Crippen LogP contribution in [0.2, 0.25) is 0 Å². The molecule has 0 saturated carbocycles. The zero-order valence-corrected chi connectivity index (χ0v) is 13.4. The van der Waals surface area contributed by atoms with E-state index in [0.29, 0.717) is 25.3 Å². The van der Waals surface area contributed by atoms with E-state index in [1.54, 1.807) is 13.8 Å². The van der Waals surface area contributed by atoms with Gasteiger partial charge in [-0.05, 0) is 58.2 Å². The SMILES string of the molecule is CCC(CC)(NC(=O)NCCC1CCN(C)CC1)C(=O)O. The zero-order chi connectivity index (χ0) is 15.9. The quantitative estimate of drug-likeness (QED) is 0.668. The third-order valence-corrected chi connectivity index (χ3v) is 4.65. The van der Waals surface area contributed by atoms with Crippen LogP contribution in [0.1, 0.15) is 46.0 Å². The van der Waals surface area contributed by atoms with Gasteiger partial charge < -0.3 is 20.6 Å². The number of rotatable bonds is 7. The normalized spacial score (nSPS) is 17.5. The highest BCUT2D eigenvalue weighted by molar-refractivity contribution is 5.86. The Morgan fingerprint density at radius 2 is 1.81 bits per heavy atom. The number of carboxylic acid groups (broad SMARTS) is 1. The predicted octanol–water partition coefficient (Wildman–Crippen LogP) is 1.66. The van der Waals surface area contributed by atoms with Gasteiger partial charge in [-0.25, -0.2) is 9.59 Å². The average Bonchev–Trinajstić information content (AvgIpc) is 2.46. The number of piperidine rings is 1. The lowest BCUT2D eigenvalue weighted by Crippen LogP contribution is -2.56. The van der Waals surface area contributed by atoms with Crippen LogP contribution in [0.15, 0.2) is 0 Å². The van der Waals surface area contributed by atoms with E-state index in [9.17, 15) is 14.7 Å². The van der Waals surface area contributed by atoms with Crippen LogP contribution in [0.4, 0.5) is 4.79 Å². The molecule has 0 spiro atoms. The van der Waals surface area contributed by atoms with Crippen molar-refractivity contribution in [2.24, 2.45) is 5.92 Å². The van der Waals surface area contributed by atoms with Gasteiger partial charge in [0.2, 0.25) is 0 Å². The minimum absolute atomic E-state index is 0.376. The monoisotopic (exact) mass is 299 g/mol. The molecule has 1 aliphatic heterocycles. The number of nitrogens with zero attached hydrogens (tertiary/aromatic N) is 1. The molecule has 0 aliphatic carbocycles. The lowest BCUT2D eigenvalue weighted by molar-refractivity contribution is -0.144. The molecule has 3 N–H and O–H groups in total. The highest BCUT2D eigenvalue weighted by Gasteiger charge is 2.36. The van der Waals surface area contributed by atoms with Crippen molar-refractivity contribution in [3.05, 3.63) is 0 Å². The Morgan fingerprint density at radius 3 is 2.29 bits per heavy atom. The number of likely N-dealkylation sites (tertiary alicyclic amines) is 1. The predicted molar refractivity (Wildman–Crippen MR) is 82.3 cm³/mol. The summed E-state index contributed by atoms with van der Waals surface area (Å²) in [4.78, 5) is 25.5. The molecule has 1 fully saturated rings. The summed E-state index contributed by atoms with van der Waals surface area (Å²) >= 11 is 0. The van der Waals surface area contributed by atoms with Gasteiger partial charge in [0.15, 0.2) is 0 Å². The van der Waals surface area contributed by atoms with Gasteiger partial charge in [0.25, 0.3) is 0 Å². The molecule has 21 heavy (non-hydrogen) atoms. The summed E-state index contributed by atoms with van der Waals surface area (Å²) in [5, 5.41) is 14.7. The van der Waals surface area contributed by atoms with Gasteiger partial charge in [0.1, 0.15) is 5.54 Å². The first-order chi connectivity index (χ1) is 9.93. The van der Waals surface area contributed by atoms with E-state index >= 15 is 0 Å². The van der Waals surface area contributed by atoms with Gasteiger partial charge in [-0.3, -0.25) is 0 Å². The standard InChI is InChI=1S/C15H29N3O3/c1-4-15(5-2,13(19)20)17-14(21)16-9-6-12-7-10-18(3)11-8-12/h12H,4-11H2,1-3H3,(H,19,20)(H2,16,17,21). The van der Waals surface area contributed by atoms with Crippen molar-refractivity contribution in [1.29, 1.82) is 0 Å². The number of urea groups is 1. The highest BCUT2D eigenvalue weighted by Crippen LogP contribution is 2.19. The molecule has 1 rings (SSSR count). The molecule has 0 unspecified atom stereocenters. The fraction of sp³-hybridized carbons (Fsp3) is 0.867. The van der Waals surface area contributed by atoms with E-state index in [-0.39, 0.29) is 6.03 Å². The Morgan fingerprint density at radius 1 is 1.24 bits per heavy atom. The van der Waals surface area contributed by atoms with Crippen molar-refractivity contribution in [2.75, 3.05) is 26.7 Å². The molecule has 0 atom stereocenters. The fourth-order valence-electron chi connectivity index (χ4n) is 2.78. The Balaban J connectivity index is 2.32. The maximum Gasteiger partial charge on any atom is 0.329 e. The zero-order valence-electron chi connectivity index (χ0n) is 13.4. The molecular weight excluding hydrogens is 270 g/mol. The van der Waals surface area contributed by atoms with Gasteiger partial charge in [-0.1, -0.05) is 13.8 Å². The number of hydrogen-bond donors (Lipinski definition) is 3. The molecule has 122 valence electrons. The summed E-state index contributed by atoms with van der Waals surface area (Å²) in [5.74, 6) is -0.318. The second kappa shape index (κ2) is 8.22. The van der Waals surface area contributed by atoms with E-state index < -0.39 is 11.5 Å². The van der Waals surface area contributed by atoms with Crippen molar-refractivity contribution in [1.82, 2.24) is 15.5 Å². The average molecular weight is 299 g/mol. The van der Waals surface area contributed by atoms with Crippen LogP contribution in [0, 0.1) is 5.92 Å². The van der Waals surface area contributed by atoms with E-state index in [1.165, 1.54) is 12.8 Å². The lowest BCUT2D eigenvalue weighted by Gasteiger charge is -2.30. The number of aliphatic carboxylic acids is 1. The van der Waals surface area contributed by atoms with Crippen molar-refractivity contribution < 1.29 is 14.7 Å². The first-order valence-corrected chi connectivity index (χ1v) is 7.91. The molecule has 0 radical (unpaired) electrons. The third-order valence-electron chi connectivity index (χ3n) is 4.65. The van der Waals surface area contributed by atoms with Crippen LogP contribution in [0.25, 0.3) is 0 Å². The number of carbonyl (C=O) groups excluding carboxylic acids is 1. The summed E-state index contributed by atoms with van der Waals surface area (Å²) in [6, 6.07) is -0.381. The molecule has 0 aromatic carbocycles. The molecule has 0 aromatic heterocycles. The molecule has 1 heterocycles. The summed E-state index contributed by atoms with van der Waals surface area (Å²) in [6.45, 7) is 6.38. The number of carboxylic acids is 1. The minimum Gasteiger partial charge on any atom is -0.480 e. The van der Waals surface area contributed by atoms with E-state index in [2.05, 4.69) is 22.6 Å². The fourth-order valence-corrected chi connectivity index (χ4v) is 2.78. The van der Waals surface area contributed by atoms with Crippen molar-refractivity contribution in [3.63, 3.8) is 0 Å². The van der Waals surface area contributed by atoms with Crippen molar-refractivity contribution >= 4 is 12.0 Å². The third kappa shape index (κ3) is 5.19. The first kappa shape index (κ1) is 17.8. The first-order valence-electron chi connectivity index (χ1n) is 7.91. The second-order valence-electron chi connectivity index (χ2n) is 6.01.